The molecule has 0 amide bonds. The highest BCUT2D eigenvalue weighted by molar-refractivity contribution is 5.13. The summed E-state index contributed by atoms with van der Waals surface area (Å²) in [6, 6.07) is 0.236. The fourth-order valence-electron chi connectivity index (χ4n) is 2.80. The summed E-state index contributed by atoms with van der Waals surface area (Å²) >= 11 is 0. The summed E-state index contributed by atoms with van der Waals surface area (Å²) in [6.45, 7) is 12.4. The number of nitrogens with one attached hydrogen (secondary N) is 1. The van der Waals surface area contributed by atoms with Crippen LogP contribution in [0.25, 0.3) is 0 Å². The highest BCUT2D eigenvalue weighted by Gasteiger charge is 2.29. The Balaban J connectivity index is 2.08. The van der Waals surface area contributed by atoms with E-state index in [4.69, 9.17) is 4.74 Å². The van der Waals surface area contributed by atoms with Crippen LogP contribution in [0.4, 0.5) is 0 Å². The number of hydrogen-bond acceptors (Lipinski definition) is 4. The topological polar surface area (TPSA) is 42.3 Å². The number of likely N-dealkylation sites (N-methyl/N-ethyl adjacent to an activating group) is 2. The van der Waals surface area contributed by atoms with Crippen LogP contribution in [0.15, 0.2) is 12.4 Å². The van der Waals surface area contributed by atoms with Crippen molar-refractivity contribution in [3.8, 4) is 0 Å². The van der Waals surface area contributed by atoms with Crippen molar-refractivity contribution in [3.05, 3.63) is 18.0 Å². The van der Waals surface area contributed by atoms with Gasteiger partial charge in [-0.25, -0.2) is 0 Å². The molecule has 20 heavy (non-hydrogen) atoms. The van der Waals surface area contributed by atoms with Crippen LogP contribution in [-0.4, -0.2) is 53.6 Å². The molecule has 2 heterocycles. The fraction of sp³-hybridized carbons (Fsp3) is 0.800. The maximum atomic E-state index is 6.01. The summed E-state index contributed by atoms with van der Waals surface area (Å²) in [5.74, 6) is 0. The lowest BCUT2D eigenvalue weighted by molar-refractivity contribution is -0.0453. The highest BCUT2D eigenvalue weighted by atomic mass is 16.5. The van der Waals surface area contributed by atoms with Crippen molar-refractivity contribution in [2.24, 2.45) is 0 Å². The molecule has 1 aromatic rings. The molecule has 0 aliphatic carbocycles. The summed E-state index contributed by atoms with van der Waals surface area (Å²) in [6.07, 6.45) is 5.46. The molecule has 5 heteroatoms. The Labute approximate surface area is 122 Å². The standard InChI is InChI=1S/C15H28N4O/c1-4-7-19-11-13(10-17-19)15(16-5-2)14-12-18(6-3)8-9-20-14/h10-11,14-16H,4-9,12H2,1-3H3. The molecule has 1 aromatic heterocycles. The van der Waals surface area contributed by atoms with Crippen molar-refractivity contribution in [2.75, 3.05) is 32.8 Å². The molecule has 0 aromatic carbocycles. The third kappa shape index (κ3) is 3.81. The monoisotopic (exact) mass is 280 g/mol. The maximum Gasteiger partial charge on any atom is 0.0898 e. The van der Waals surface area contributed by atoms with E-state index in [0.29, 0.717) is 0 Å². The van der Waals surface area contributed by atoms with Crippen LogP contribution in [0.5, 0.6) is 0 Å². The molecule has 0 radical (unpaired) electrons. The Morgan fingerprint density at radius 2 is 2.30 bits per heavy atom. The molecule has 1 fully saturated rings. The van der Waals surface area contributed by atoms with E-state index in [1.54, 1.807) is 0 Å². The molecule has 0 bridgehead atoms. The van der Waals surface area contributed by atoms with Gasteiger partial charge in [-0.3, -0.25) is 9.58 Å². The van der Waals surface area contributed by atoms with Crippen LogP contribution in [0.1, 0.15) is 38.8 Å². The van der Waals surface area contributed by atoms with Gasteiger partial charge in [-0.05, 0) is 19.5 Å². The summed E-state index contributed by atoms with van der Waals surface area (Å²) < 4.78 is 8.04. The van der Waals surface area contributed by atoms with Crippen LogP contribution in [0.2, 0.25) is 0 Å². The second kappa shape index (κ2) is 7.76. The summed E-state index contributed by atoms with van der Waals surface area (Å²) in [4.78, 5) is 2.45. The van der Waals surface area contributed by atoms with Gasteiger partial charge in [0.25, 0.3) is 0 Å². The average Bonchev–Trinajstić information content (AvgIpc) is 2.93. The van der Waals surface area contributed by atoms with Gasteiger partial charge in [0.1, 0.15) is 0 Å². The van der Waals surface area contributed by atoms with Crippen molar-refractivity contribution in [1.29, 1.82) is 0 Å². The molecule has 1 aliphatic heterocycles. The molecule has 2 atom stereocenters. The molecule has 0 spiro atoms. The van der Waals surface area contributed by atoms with Crippen molar-refractivity contribution in [3.63, 3.8) is 0 Å². The van der Waals surface area contributed by atoms with E-state index in [1.807, 2.05) is 10.9 Å². The molecular weight excluding hydrogens is 252 g/mol. The first-order valence-electron chi connectivity index (χ1n) is 7.88. The van der Waals surface area contributed by atoms with E-state index in [2.05, 4.69) is 42.3 Å². The Morgan fingerprint density at radius 3 is 3.00 bits per heavy atom. The van der Waals surface area contributed by atoms with Crippen molar-refractivity contribution in [2.45, 2.75) is 45.9 Å². The zero-order valence-electron chi connectivity index (χ0n) is 13.0. The Kier molecular flexibility index (Phi) is 6.01. The second-order valence-electron chi connectivity index (χ2n) is 5.37. The lowest BCUT2D eigenvalue weighted by Crippen LogP contribution is -2.48. The SMILES string of the molecule is CCCn1cc(C(NCC)C2CN(CC)CCO2)cn1. The quantitative estimate of drug-likeness (QED) is 0.825. The molecule has 5 nitrogen and oxygen atoms in total. The molecule has 1 N–H and O–H groups in total. The van der Waals surface area contributed by atoms with Gasteiger partial charge in [0.15, 0.2) is 0 Å². The summed E-state index contributed by atoms with van der Waals surface area (Å²) in [7, 11) is 0. The average molecular weight is 280 g/mol. The first kappa shape index (κ1) is 15.5. The number of morpholine rings is 1. The molecule has 1 aliphatic rings. The highest BCUT2D eigenvalue weighted by Crippen LogP contribution is 2.22. The molecule has 114 valence electrons. The predicted molar refractivity (Wildman–Crippen MR) is 80.8 cm³/mol. The number of rotatable bonds is 7. The van der Waals surface area contributed by atoms with E-state index in [-0.39, 0.29) is 12.1 Å². The minimum atomic E-state index is 0.211. The number of aromatic nitrogens is 2. The van der Waals surface area contributed by atoms with Crippen LogP contribution in [0, 0.1) is 0 Å². The van der Waals surface area contributed by atoms with E-state index >= 15 is 0 Å². The van der Waals surface area contributed by atoms with Gasteiger partial charge in [-0.2, -0.15) is 5.10 Å². The maximum absolute atomic E-state index is 6.01. The van der Waals surface area contributed by atoms with Gasteiger partial charge in [-0.15, -0.1) is 0 Å². The van der Waals surface area contributed by atoms with E-state index in [1.165, 1.54) is 5.56 Å². The lowest BCUT2D eigenvalue weighted by atomic mass is 10.0. The number of nitrogens with zero attached hydrogens (tertiary/aromatic N) is 3. The molecule has 0 saturated carbocycles. The lowest BCUT2D eigenvalue weighted by Gasteiger charge is -2.36. The number of ether oxygens (including phenoxy) is 1. The first-order chi connectivity index (χ1) is 9.78. The van der Waals surface area contributed by atoms with Crippen molar-refractivity contribution >= 4 is 0 Å². The van der Waals surface area contributed by atoms with Crippen molar-refractivity contribution in [1.82, 2.24) is 20.0 Å². The Hall–Kier alpha value is -0.910. The van der Waals surface area contributed by atoms with E-state index in [0.717, 1.165) is 45.8 Å². The van der Waals surface area contributed by atoms with Gasteiger partial charge in [0.05, 0.1) is 24.9 Å². The smallest absolute Gasteiger partial charge is 0.0898 e. The first-order valence-corrected chi connectivity index (χ1v) is 7.88. The van der Waals surface area contributed by atoms with E-state index in [9.17, 15) is 0 Å². The minimum absolute atomic E-state index is 0.211. The van der Waals surface area contributed by atoms with Crippen molar-refractivity contribution < 1.29 is 4.74 Å². The van der Waals surface area contributed by atoms with Crippen LogP contribution in [-0.2, 0) is 11.3 Å². The molecular formula is C15H28N4O. The van der Waals surface area contributed by atoms with Gasteiger partial charge < -0.3 is 10.1 Å². The number of aryl methyl sites for hydroxylation is 1. The van der Waals surface area contributed by atoms with Crippen LogP contribution >= 0.6 is 0 Å². The summed E-state index contributed by atoms with van der Waals surface area (Å²) in [5.41, 5.74) is 1.24. The Morgan fingerprint density at radius 1 is 1.45 bits per heavy atom. The van der Waals surface area contributed by atoms with Gasteiger partial charge in [0.2, 0.25) is 0 Å². The van der Waals surface area contributed by atoms with Gasteiger partial charge >= 0.3 is 0 Å². The third-order valence-corrected chi connectivity index (χ3v) is 3.89. The van der Waals surface area contributed by atoms with Gasteiger partial charge in [0, 0.05) is 31.4 Å². The minimum Gasteiger partial charge on any atom is -0.374 e. The predicted octanol–water partition coefficient (Wildman–Crippen LogP) is 1.66. The van der Waals surface area contributed by atoms with Crippen LogP contribution in [0.3, 0.4) is 0 Å². The second-order valence-corrected chi connectivity index (χ2v) is 5.37. The fourth-order valence-corrected chi connectivity index (χ4v) is 2.80. The molecule has 2 rings (SSSR count). The molecule has 2 unspecified atom stereocenters. The van der Waals surface area contributed by atoms with E-state index < -0.39 is 0 Å². The Bertz CT molecular complexity index is 393. The van der Waals surface area contributed by atoms with Crippen LogP contribution < -0.4 is 5.32 Å². The number of hydrogen-bond donors (Lipinski definition) is 1. The zero-order valence-corrected chi connectivity index (χ0v) is 13.0. The largest absolute Gasteiger partial charge is 0.374 e. The summed E-state index contributed by atoms with van der Waals surface area (Å²) in [5, 5.41) is 8.01. The third-order valence-electron chi connectivity index (χ3n) is 3.89. The molecule has 1 saturated heterocycles. The van der Waals surface area contributed by atoms with Gasteiger partial charge in [-0.1, -0.05) is 20.8 Å². The normalized spacial score (nSPS) is 22.1. The zero-order chi connectivity index (χ0) is 14.4.